The summed E-state index contributed by atoms with van der Waals surface area (Å²) in [7, 11) is -3.27. The van der Waals surface area contributed by atoms with Crippen molar-refractivity contribution in [2.24, 2.45) is 20.5 Å². The van der Waals surface area contributed by atoms with E-state index in [9.17, 15) is 23.2 Å². The first-order chi connectivity index (χ1) is 21.6. The summed E-state index contributed by atoms with van der Waals surface area (Å²) in [5.74, 6) is -0.834. The lowest BCUT2D eigenvalue weighted by atomic mass is 10.1. The van der Waals surface area contributed by atoms with Gasteiger partial charge in [0.15, 0.2) is 5.75 Å². The van der Waals surface area contributed by atoms with E-state index in [-0.39, 0.29) is 16.8 Å². The van der Waals surface area contributed by atoms with Gasteiger partial charge in [0.05, 0.1) is 23.4 Å². The first-order valence-corrected chi connectivity index (χ1v) is 15.3. The Morgan fingerprint density at radius 2 is 1.53 bits per heavy atom. The molecular weight excluding hydrogens is 620 g/mol. The van der Waals surface area contributed by atoms with Crippen LogP contribution in [0.2, 0.25) is 0 Å². The number of azo groups is 2. The molecule has 5 aromatic rings. The van der Waals surface area contributed by atoms with Crippen LogP contribution in [0.1, 0.15) is 5.56 Å². The number of hydrogen-bond donors (Lipinski definition) is 5. The summed E-state index contributed by atoms with van der Waals surface area (Å²) in [4.78, 5) is 4.71. The van der Waals surface area contributed by atoms with E-state index >= 15 is 0 Å². The van der Waals surface area contributed by atoms with E-state index in [4.69, 9.17) is 4.33 Å². The average Bonchev–Trinajstić information content (AvgIpc) is 3.02. The number of hydrogen-bond acceptors (Lipinski definition) is 13. The Balaban J connectivity index is 1.41. The average molecular weight is 647 g/mol. The van der Waals surface area contributed by atoms with Gasteiger partial charge in [-0.15, -0.1) is 19.6 Å². The lowest BCUT2D eigenvalue weighted by molar-refractivity contribution is -0.237. The van der Waals surface area contributed by atoms with Gasteiger partial charge in [-0.05, 0) is 84.6 Å². The molecule has 0 amide bonds. The molecule has 45 heavy (non-hydrogen) atoms. The summed E-state index contributed by atoms with van der Waals surface area (Å²) in [6.45, 7) is 1.71. The summed E-state index contributed by atoms with van der Waals surface area (Å²) < 4.78 is 39.4. The Hall–Kier alpha value is -4.90. The lowest BCUT2D eigenvalue weighted by Gasteiger charge is -2.11. The van der Waals surface area contributed by atoms with E-state index in [1.54, 1.807) is 56.4 Å². The van der Waals surface area contributed by atoms with Crippen LogP contribution in [0.25, 0.3) is 10.8 Å². The molecule has 0 fully saturated rings. The van der Waals surface area contributed by atoms with E-state index < -0.39 is 26.5 Å². The summed E-state index contributed by atoms with van der Waals surface area (Å²) in [6, 6.07) is 25.2. The van der Waals surface area contributed by atoms with Crippen LogP contribution in [0.5, 0.6) is 11.5 Å². The van der Waals surface area contributed by atoms with Crippen LogP contribution in [0.3, 0.4) is 0 Å². The molecule has 0 aromatic heterocycles. The van der Waals surface area contributed by atoms with E-state index in [2.05, 4.69) is 36.2 Å². The van der Waals surface area contributed by atoms with E-state index in [1.165, 1.54) is 18.2 Å². The Morgan fingerprint density at radius 3 is 2.24 bits per heavy atom. The third-order valence-electron chi connectivity index (χ3n) is 6.30. The van der Waals surface area contributed by atoms with Gasteiger partial charge in [-0.1, -0.05) is 18.2 Å². The minimum Gasteiger partial charge on any atom is -0.506 e. The molecule has 0 saturated carbocycles. The zero-order chi connectivity index (χ0) is 32.0. The number of rotatable bonds is 11. The van der Waals surface area contributed by atoms with Gasteiger partial charge in [0.1, 0.15) is 22.0 Å². The molecule has 0 spiro atoms. The molecule has 0 unspecified atom stereocenters. The van der Waals surface area contributed by atoms with Crippen molar-refractivity contribution in [3.63, 3.8) is 0 Å². The van der Waals surface area contributed by atoms with Crippen molar-refractivity contribution in [3.8, 4) is 11.5 Å². The Morgan fingerprint density at radius 1 is 0.800 bits per heavy atom. The zero-order valence-corrected chi connectivity index (χ0v) is 25.4. The van der Waals surface area contributed by atoms with Gasteiger partial charge in [-0.2, -0.15) is 24.1 Å². The smallest absolute Gasteiger partial charge is 0.296 e. The normalized spacial score (nSPS) is 12.0. The van der Waals surface area contributed by atoms with Crippen LogP contribution in [0.4, 0.5) is 34.1 Å². The summed E-state index contributed by atoms with van der Waals surface area (Å²) in [6.07, 6.45) is 0. The predicted octanol–water partition coefficient (Wildman–Crippen LogP) is 8.47. The monoisotopic (exact) mass is 646 g/mol. The maximum Gasteiger partial charge on any atom is 0.296 e. The second-order valence-corrected chi connectivity index (χ2v) is 11.6. The van der Waals surface area contributed by atoms with Gasteiger partial charge in [0.2, 0.25) is 0 Å². The topological polar surface area (TPSA) is 187 Å². The number of benzene rings is 5. The molecule has 13 nitrogen and oxygen atoms in total. The molecule has 0 bridgehead atoms. The van der Waals surface area contributed by atoms with Crippen LogP contribution < -0.4 is 10.8 Å². The lowest BCUT2D eigenvalue weighted by Crippen LogP contribution is -2.03. The molecule has 15 heteroatoms. The number of anilines is 2. The zero-order valence-electron chi connectivity index (χ0n) is 23.7. The first-order valence-electron chi connectivity index (χ1n) is 13.2. The molecule has 0 aliphatic carbocycles. The quantitative estimate of drug-likeness (QED) is 0.0233. The van der Waals surface area contributed by atoms with E-state index in [1.807, 2.05) is 30.3 Å². The minimum atomic E-state index is -4.83. The number of phenols is 2. The van der Waals surface area contributed by atoms with Crippen molar-refractivity contribution in [2.45, 2.75) is 16.7 Å². The SMILES string of the molecule is CNOOSc1ccc(N=Nc2cc(O)c(N=Nc3c(S(=O)(=O)O)cc4cc(Nc5ccccc5)ccc4c3O)cc2C)cc1. The summed E-state index contributed by atoms with van der Waals surface area (Å²) in [5.41, 5.74) is 4.77. The van der Waals surface area contributed by atoms with Crippen LogP contribution in [-0.4, -0.2) is 30.2 Å². The number of aromatic hydroxyl groups is 2. The van der Waals surface area contributed by atoms with Crippen LogP contribution in [0.15, 0.2) is 121 Å². The molecule has 0 saturated heterocycles. The fourth-order valence-electron chi connectivity index (χ4n) is 4.14. The van der Waals surface area contributed by atoms with Crippen LogP contribution >= 0.6 is 12.0 Å². The second-order valence-electron chi connectivity index (χ2n) is 9.43. The molecule has 0 aliphatic rings. The number of fused-ring (bicyclic) bond motifs is 1. The number of hydroxylamine groups is 1. The van der Waals surface area contributed by atoms with Crippen molar-refractivity contribution in [1.29, 1.82) is 0 Å². The van der Waals surface area contributed by atoms with Crippen LogP contribution in [-0.2, 0) is 19.4 Å². The highest BCUT2D eigenvalue weighted by Crippen LogP contribution is 2.43. The number of nitrogens with one attached hydrogen (secondary N) is 2. The molecule has 0 aliphatic heterocycles. The predicted molar refractivity (Wildman–Crippen MR) is 170 cm³/mol. The van der Waals surface area contributed by atoms with Crippen molar-refractivity contribution in [3.05, 3.63) is 96.6 Å². The molecule has 5 aromatic carbocycles. The number of aryl methyl sites for hydroxylation is 1. The Labute approximate surface area is 262 Å². The highest BCUT2D eigenvalue weighted by molar-refractivity contribution is 7.94. The summed E-state index contributed by atoms with van der Waals surface area (Å²) >= 11 is 1.01. The van der Waals surface area contributed by atoms with Gasteiger partial charge >= 0.3 is 0 Å². The molecule has 5 rings (SSSR count). The molecule has 230 valence electrons. The van der Waals surface area contributed by atoms with Gasteiger partial charge in [0, 0.05) is 34.8 Å². The highest BCUT2D eigenvalue weighted by atomic mass is 32.2. The van der Waals surface area contributed by atoms with Crippen molar-refractivity contribution < 1.29 is 32.5 Å². The van der Waals surface area contributed by atoms with Gasteiger partial charge in [-0.25, -0.2) is 0 Å². The number of nitrogens with zero attached hydrogens (tertiary/aromatic N) is 4. The molecule has 0 heterocycles. The van der Waals surface area contributed by atoms with Crippen molar-refractivity contribution >= 4 is 67.1 Å². The van der Waals surface area contributed by atoms with Gasteiger partial charge in [-0.3, -0.25) is 4.55 Å². The molecule has 0 atom stereocenters. The fourth-order valence-corrected chi connectivity index (χ4v) is 5.23. The van der Waals surface area contributed by atoms with Crippen molar-refractivity contribution in [2.75, 3.05) is 12.4 Å². The second kappa shape index (κ2) is 13.8. The summed E-state index contributed by atoms with van der Waals surface area (Å²) in [5, 5.41) is 41.7. The number of para-hydroxylation sites is 1. The third kappa shape index (κ3) is 7.79. The van der Waals surface area contributed by atoms with E-state index in [0.717, 1.165) is 22.6 Å². The highest BCUT2D eigenvalue weighted by Gasteiger charge is 2.22. The Kier molecular flexibility index (Phi) is 9.68. The number of phenolic OH excluding ortho intramolecular Hbond substituents is 2. The van der Waals surface area contributed by atoms with E-state index in [0.29, 0.717) is 28.0 Å². The minimum absolute atomic E-state index is 0.0280. The van der Waals surface area contributed by atoms with Crippen LogP contribution in [0, 0.1) is 6.92 Å². The molecule has 5 N–H and O–H groups in total. The van der Waals surface area contributed by atoms with Gasteiger partial charge in [0.25, 0.3) is 10.1 Å². The third-order valence-corrected chi connectivity index (χ3v) is 7.77. The fraction of sp³-hybridized carbons (Fsp3) is 0.0667. The Bertz CT molecular complexity index is 2010. The van der Waals surface area contributed by atoms with Gasteiger partial charge < -0.3 is 15.5 Å². The molecular formula is C30H26N6O7S2. The van der Waals surface area contributed by atoms with Crippen molar-refractivity contribution in [1.82, 2.24) is 5.48 Å². The first kappa shape index (κ1) is 31.5. The molecule has 0 radical (unpaired) electrons. The largest absolute Gasteiger partial charge is 0.506 e. The standard InChI is InChI=1S/C30H26N6O7S2/c1-18-14-26(27(37)17-25(18)34-33-21-8-11-23(12-9-21)44-43-42-31-2)35-36-29-28(45(39,40)41)16-19-15-22(10-13-24(19)30(29)38)32-20-6-4-3-5-7-20/h3-17,31-32,37-38H,1-2H3,(H,39,40,41). The maximum absolute atomic E-state index is 12.3. The maximum atomic E-state index is 12.3.